The van der Waals surface area contributed by atoms with Gasteiger partial charge in [0, 0.05) is 17.8 Å². The molecule has 0 fully saturated rings. The Kier molecular flexibility index (Phi) is 4.22. The summed E-state index contributed by atoms with van der Waals surface area (Å²) in [7, 11) is 0. The summed E-state index contributed by atoms with van der Waals surface area (Å²) >= 11 is 0. The van der Waals surface area contributed by atoms with Crippen molar-refractivity contribution >= 4 is 11.7 Å². The van der Waals surface area contributed by atoms with Gasteiger partial charge in [-0.2, -0.15) is 13.2 Å². The largest absolute Gasteiger partial charge is 0.416 e. The van der Waals surface area contributed by atoms with Crippen molar-refractivity contribution in [3.8, 4) is 11.5 Å². The first kappa shape index (κ1) is 16.0. The van der Waals surface area contributed by atoms with E-state index >= 15 is 0 Å². The summed E-state index contributed by atoms with van der Waals surface area (Å²) in [4.78, 5) is 0. The highest BCUT2D eigenvalue weighted by molar-refractivity contribution is 5.57. The van der Waals surface area contributed by atoms with Gasteiger partial charge in [0.2, 0.25) is 5.89 Å². The summed E-state index contributed by atoms with van der Waals surface area (Å²) < 4.78 is 43.0. The van der Waals surface area contributed by atoms with Crippen molar-refractivity contribution in [3.63, 3.8) is 0 Å². The summed E-state index contributed by atoms with van der Waals surface area (Å²) in [5, 5.41) is 10.5. The molecule has 0 saturated carbocycles. The second kappa shape index (κ2) is 6.32. The Hall–Kier alpha value is -2.87. The summed E-state index contributed by atoms with van der Waals surface area (Å²) in [6.07, 6.45) is -4.37. The average molecular weight is 334 g/mol. The van der Waals surface area contributed by atoms with E-state index in [-0.39, 0.29) is 6.01 Å². The van der Waals surface area contributed by atoms with Gasteiger partial charge in [-0.3, -0.25) is 0 Å². The van der Waals surface area contributed by atoms with Crippen LogP contribution in [0.3, 0.4) is 0 Å². The van der Waals surface area contributed by atoms with E-state index in [4.69, 9.17) is 10.2 Å². The fourth-order valence-electron chi connectivity index (χ4n) is 2.04. The first-order valence-corrected chi connectivity index (χ1v) is 7.03. The second-order valence-electron chi connectivity index (χ2n) is 5.01. The van der Waals surface area contributed by atoms with E-state index in [1.807, 2.05) is 12.1 Å². The van der Waals surface area contributed by atoms with Crippen LogP contribution < -0.4 is 11.1 Å². The summed E-state index contributed by atoms with van der Waals surface area (Å²) in [6.45, 7) is 0.435. The lowest BCUT2D eigenvalue weighted by atomic mass is 10.1. The molecule has 5 nitrogen and oxygen atoms in total. The van der Waals surface area contributed by atoms with Gasteiger partial charge in [-0.25, -0.2) is 0 Å². The molecule has 0 unspecified atom stereocenters. The predicted molar refractivity (Wildman–Crippen MR) is 82.4 cm³/mol. The van der Waals surface area contributed by atoms with Crippen molar-refractivity contribution in [2.45, 2.75) is 12.7 Å². The topological polar surface area (TPSA) is 77.0 Å². The van der Waals surface area contributed by atoms with Gasteiger partial charge >= 0.3 is 12.2 Å². The molecule has 0 aliphatic heterocycles. The van der Waals surface area contributed by atoms with E-state index in [2.05, 4.69) is 15.5 Å². The molecule has 3 N–H and O–H groups in total. The number of halogens is 3. The molecule has 0 aliphatic carbocycles. The molecule has 1 heterocycles. The normalized spacial score (nSPS) is 11.5. The lowest BCUT2D eigenvalue weighted by molar-refractivity contribution is -0.137. The number of rotatable bonds is 4. The Bertz CT molecular complexity index is 811. The van der Waals surface area contributed by atoms with Crippen molar-refractivity contribution in [3.05, 3.63) is 59.7 Å². The van der Waals surface area contributed by atoms with Crippen LogP contribution in [0.1, 0.15) is 11.1 Å². The first-order valence-electron chi connectivity index (χ1n) is 7.03. The molecule has 1 aromatic heterocycles. The van der Waals surface area contributed by atoms with Crippen LogP contribution in [0.5, 0.6) is 0 Å². The Morgan fingerprint density at radius 2 is 1.62 bits per heavy atom. The van der Waals surface area contributed by atoms with E-state index in [1.165, 1.54) is 12.1 Å². The van der Waals surface area contributed by atoms with Gasteiger partial charge in [-0.05, 0) is 42.0 Å². The fourth-order valence-corrected chi connectivity index (χ4v) is 2.04. The number of nitrogens with two attached hydrogens (primary N) is 1. The van der Waals surface area contributed by atoms with Gasteiger partial charge in [-0.15, -0.1) is 5.10 Å². The SMILES string of the molecule is NCc1ccc(-c2nnc(Nc3ccc(C(F)(F)F)cc3)o2)cc1. The maximum atomic E-state index is 12.5. The third kappa shape index (κ3) is 3.54. The monoisotopic (exact) mass is 334 g/mol. The van der Waals surface area contributed by atoms with Crippen LogP contribution in [0.4, 0.5) is 24.9 Å². The van der Waals surface area contributed by atoms with Crippen LogP contribution in [-0.4, -0.2) is 10.2 Å². The molecule has 0 atom stereocenters. The molecule has 0 radical (unpaired) electrons. The van der Waals surface area contributed by atoms with Crippen molar-refractivity contribution in [1.82, 2.24) is 10.2 Å². The molecule has 0 spiro atoms. The van der Waals surface area contributed by atoms with Gasteiger partial charge in [0.25, 0.3) is 0 Å². The molecule has 0 bridgehead atoms. The molecular formula is C16H13F3N4O. The molecule has 0 amide bonds. The molecule has 124 valence electrons. The maximum Gasteiger partial charge on any atom is 0.416 e. The van der Waals surface area contributed by atoms with E-state index in [0.29, 0.717) is 18.1 Å². The van der Waals surface area contributed by atoms with E-state index < -0.39 is 11.7 Å². The highest BCUT2D eigenvalue weighted by atomic mass is 19.4. The van der Waals surface area contributed by atoms with Gasteiger partial charge < -0.3 is 15.5 Å². The van der Waals surface area contributed by atoms with Crippen LogP contribution >= 0.6 is 0 Å². The Morgan fingerprint density at radius 1 is 0.958 bits per heavy atom. The standard InChI is InChI=1S/C16H13F3N4O/c17-16(18,19)12-5-7-13(8-6-12)21-15-23-22-14(24-15)11-3-1-10(9-20)2-4-11/h1-8H,9,20H2,(H,21,23). The van der Waals surface area contributed by atoms with Crippen LogP contribution in [0, 0.1) is 0 Å². The minimum absolute atomic E-state index is 0.0904. The smallest absolute Gasteiger partial charge is 0.403 e. The molecule has 8 heteroatoms. The maximum absolute atomic E-state index is 12.5. The molecular weight excluding hydrogens is 321 g/mol. The van der Waals surface area contributed by atoms with Crippen LogP contribution in [0.15, 0.2) is 52.9 Å². The van der Waals surface area contributed by atoms with Gasteiger partial charge in [0.1, 0.15) is 0 Å². The summed E-state index contributed by atoms with van der Waals surface area (Å²) in [5.41, 5.74) is 6.92. The van der Waals surface area contributed by atoms with Crippen molar-refractivity contribution in [1.29, 1.82) is 0 Å². The van der Waals surface area contributed by atoms with Crippen LogP contribution in [0.2, 0.25) is 0 Å². The van der Waals surface area contributed by atoms with Crippen LogP contribution in [0.25, 0.3) is 11.5 Å². The molecule has 0 aliphatic rings. The molecule has 0 saturated heterocycles. The number of aromatic nitrogens is 2. The Balaban J connectivity index is 1.73. The Labute approximate surface area is 135 Å². The Morgan fingerprint density at radius 3 is 2.21 bits per heavy atom. The number of nitrogens with zero attached hydrogens (tertiary/aromatic N) is 2. The minimum atomic E-state index is -4.37. The molecule has 3 rings (SSSR count). The summed E-state index contributed by atoms with van der Waals surface area (Å²) in [5.74, 6) is 0.299. The number of alkyl halides is 3. The van der Waals surface area contributed by atoms with E-state index in [9.17, 15) is 13.2 Å². The van der Waals surface area contributed by atoms with Crippen molar-refractivity contribution < 1.29 is 17.6 Å². The van der Waals surface area contributed by atoms with Crippen molar-refractivity contribution in [2.24, 2.45) is 5.73 Å². The van der Waals surface area contributed by atoms with E-state index in [0.717, 1.165) is 23.3 Å². The number of benzene rings is 2. The quantitative estimate of drug-likeness (QED) is 0.755. The van der Waals surface area contributed by atoms with Gasteiger partial charge in [-0.1, -0.05) is 17.2 Å². The summed E-state index contributed by atoms with van der Waals surface area (Å²) in [6, 6.07) is 11.9. The fraction of sp³-hybridized carbons (Fsp3) is 0.125. The molecule has 2 aromatic carbocycles. The molecule has 24 heavy (non-hydrogen) atoms. The minimum Gasteiger partial charge on any atom is -0.403 e. The zero-order valence-corrected chi connectivity index (χ0v) is 12.3. The lowest BCUT2D eigenvalue weighted by Crippen LogP contribution is -2.04. The highest BCUT2D eigenvalue weighted by Crippen LogP contribution is 2.30. The highest BCUT2D eigenvalue weighted by Gasteiger charge is 2.29. The second-order valence-corrected chi connectivity index (χ2v) is 5.01. The van der Waals surface area contributed by atoms with E-state index in [1.54, 1.807) is 12.1 Å². The lowest BCUT2D eigenvalue weighted by Gasteiger charge is -2.07. The number of hydrogen-bond donors (Lipinski definition) is 2. The number of nitrogens with one attached hydrogen (secondary N) is 1. The average Bonchev–Trinajstić information content (AvgIpc) is 3.03. The van der Waals surface area contributed by atoms with Crippen molar-refractivity contribution in [2.75, 3.05) is 5.32 Å². The van der Waals surface area contributed by atoms with Gasteiger partial charge in [0.15, 0.2) is 0 Å². The van der Waals surface area contributed by atoms with Crippen LogP contribution in [-0.2, 0) is 12.7 Å². The van der Waals surface area contributed by atoms with Gasteiger partial charge in [0.05, 0.1) is 5.56 Å². The zero-order chi connectivity index (χ0) is 17.2. The number of anilines is 2. The number of hydrogen-bond acceptors (Lipinski definition) is 5. The predicted octanol–water partition coefficient (Wildman–Crippen LogP) is 3.96. The first-order chi connectivity index (χ1) is 11.5. The molecule has 3 aromatic rings. The zero-order valence-electron chi connectivity index (χ0n) is 12.3. The third-order valence-corrected chi connectivity index (χ3v) is 3.33. The third-order valence-electron chi connectivity index (χ3n) is 3.33.